The van der Waals surface area contributed by atoms with E-state index in [1.165, 1.54) is 0 Å². The van der Waals surface area contributed by atoms with E-state index < -0.39 is 6.04 Å². The fraction of sp³-hybridized carbons (Fsp3) is 0.435. The van der Waals surface area contributed by atoms with E-state index >= 15 is 0 Å². The molecule has 0 unspecified atom stereocenters. The highest BCUT2D eigenvalue weighted by molar-refractivity contribution is 5.98. The van der Waals surface area contributed by atoms with Crippen molar-refractivity contribution in [3.05, 3.63) is 53.6 Å². The summed E-state index contributed by atoms with van der Waals surface area (Å²) in [5, 5.41) is 0. The molecule has 1 saturated heterocycles. The first-order valence-corrected chi connectivity index (χ1v) is 10.3. The number of amides is 1. The van der Waals surface area contributed by atoms with Crippen molar-refractivity contribution in [1.82, 2.24) is 4.90 Å². The zero-order valence-corrected chi connectivity index (χ0v) is 17.1. The second-order valence-electron chi connectivity index (χ2n) is 7.91. The normalized spacial score (nSPS) is 19.8. The van der Waals surface area contributed by atoms with Crippen LogP contribution < -0.4 is 20.1 Å². The molecule has 0 radical (unpaired) electrons. The fourth-order valence-corrected chi connectivity index (χ4v) is 4.27. The Hall–Kier alpha value is -2.57. The lowest BCUT2D eigenvalue weighted by atomic mass is 10.1. The van der Waals surface area contributed by atoms with Gasteiger partial charge in [0.2, 0.25) is 5.91 Å². The zero-order valence-electron chi connectivity index (χ0n) is 17.1. The van der Waals surface area contributed by atoms with Gasteiger partial charge in [0.1, 0.15) is 6.61 Å². The van der Waals surface area contributed by atoms with Gasteiger partial charge >= 0.3 is 0 Å². The Morgan fingerprint density at radius 2 is 2.03 bits per heavy atom. The zero-order chi connectivity index (χ0) is 20.4. The first-order chi connectivity index (χ1) is 14.1. The van der Waals surface area contributed by atoms with Crippen LogP contribution in [0.3, 0.4) is 0 Å². The van der Waals surface area contributed by atoms with Crippen molar-refractivity contribution in [2.75, 3.05) is 25.1 Å². The molecule has 154 valence electrons. The summed E-state index contributed by atoms with van der Waals surface area (Å²) in [4.78, 5) is 17.3. The number of benzene rings is 2. The Morgan fingerprint density at radius 3 is 2.76 bits per heavy atom. The molecule has 0 aliphatic carbocycles. The highest BCUT2D eigenvalue weighted by Crippen LogP contribution is 2.40. The summed E-state index contributed by atoms with van der Waals surface area (Å²) >= 11 is 0. The second-order valence-corrected chi connectivity index (χ2v) is 7.91. The molecule has 0 bridgehead atoms. The average molecular weight is 396 g/mol. The molecule has 2 N–H and O–H groups in total. The number of rotatable bonds is 5. The molecule has 6 nitrogen and oxygen atoms in total. The number of nitrogens with zero attached hydrogens (tertiary/aromatic N) is 2. The molecule has 0 aromatic heterocycles. The highest BCUT2D eigenvalue weighted by atomic mass is 16.5. The van der Waals surface area contributed by atoms with E-state index in [0.717, 1.165) is 42.7 Å². The van der Waals surface area contributed by atoms with Crippen molar-refractivity contribution in [2.24, 2.45) is 5.73 Å². The van der Waals surface area contributed by atoms with Gasteiger partial charge in [0.15, 0.2) is 11.5 Å². The summed E-state index contributed by atoms with van der Waals surface area (Å²) < 4.78 is 11.7. The minimum absolute atomic E-state index is 0.0563. The van der Waals surface area contributed by atoms with E-state index in [1.807, 2.05) is 47.4 Å². The predicted molar refractivity (Wildman–Crippen MR) is 113 cm³/mol. The van der Waals surface area contributed by atoms with Gasteiger partial charge in [-0.2, -0.15) is 0 Å². The van der Waals surface area contributed by atoms with Crippen LogP contribution in [0.25, 0.3) is 0 Å². The van der Waals surface area contributed by atoms with Crippen LogP contribution in [0.4, 0.5) is 5.69 Å². The summed E-state index contributed by atoms with van der Waals surface area (Å²) in [7, 11) is 1.65. The van der Waals surface area contributed by atoms with Crippen LogP contribution in [0.5, 0.6) is 11.5 Å². The number of nitrogens with two attached hydrogens (primary N) is 1. The average Bonchev–Trinajstić information content (AvgIpc) is 3.11. The lowest BCUT2D eigenvalue weighted by Gasteiger charge is -2.28. The Labute approximate surface area is 172 Å². The molecule has 1 amide bonds. The number of carbonyl (C=O) groups excluding carboxylic acids is 1. The number of anilines is 1. The van der Waals surface area contributed by atoms with Crippen LogP contribution in [-0.4, -0.2) is 43.1 Å². The van der Waals surface area contributed by atoms with Gasteiger partial charge < -0.3 is 20.1 Å². The first-order valence-electron chi connectivity index (χ1n) is 10.3. The molecule has 2 aromatic carbocycles. The van der Waals surface area contributed by atoms with E-state index in [-0.39, 0.29) is 5.91 Å². The molecule has 0 saturated carbocycles. The SMILES string of the molecule is COc1cc2c(cc1OCc1ccccc1)N(C(=O)[C@H](C)N)C[C@@H]1CCCN1C2. The van der Waals surface area contributed by atoms with E-state index in [4.69, 9.17) is 15.2 Å². The van der Waals surface area contributed by atoms with Gasteiger partial charge in [-0.3, -0.25) is 9.69 Å². The third kappa shape index (κ3) is 4.09. The first kappa shape index (κ1) is 19.7. The van der Waals surface area contributed by atoms with Crippen LogP contribution in [-0.2, 0) is 17.9 Å². The maximum absolute atomic E-state index is 13.0. The van der Waals surface area contributed by atoms with Gasteiger partial charge in [-0.05, 0) is 43.5 Å². The van der Waals surface area contributed by atoms with Crippen LogP contribution in [0, 0.1) is 0 Å². The lowest BCUT2D eigenvalue weighted by Crippen LogP contribution is -2.46. The van der Waals surface area contributed by atoms with Crippen LogP contribution in [0.2, 0.25) is 0 Å². The van der Waals surface area contributed by atoms with Crippen LogP contribution in [0.1, 0.15) is 30.9 Å². The molecule has 4 rings (SSSR count). The quantitative estimate of drug-likeness (QED) is 0.843. The maximum Gasteiger partial charge on any atom is 0.243 e. The molecule has 2 heterocycles. The van der Waals surface area contributed by atoms with E-state index in [1.54, 1.807) is 14.0 Å². The van der Waals surface area contributed by atoms with Gasteiger partial charge in [0.05, 0.1) is 18.8 Å². The van der Waals surface area contributed by atoms with Crippen molar-refractivity contribution < 1.29 is 14.3 Å². The fourth-order valence-electron chi connectivity index (χ4n) is 4.27. The number of fused-ring (bicyclic) bond motifs is 2. The molecule has 29 heavy (non-hydrogen) atoms. The molecule has 0 spiro atoms. The molecular formula is C23H29N3O3. The molecule has 2 aromatic rings. The predicted octanol–water partition coefficient (Wildman–Crippen LogP) is 2.93. The third-order valence-corrected chi connectivity index (χ3v) is 5.81. The summed E-state index contributed by atoms with van der Waals surface area (Å²) in [6.45, 7) is 4.70. The molecular weight excluding hydrogens is 366 g/mol. The Balaban J connectivity index is 1.70. The van der Waals surface area contributed by atoms with E-state index in [0.29, 0.717) is 30.7 Å². The molecule has 1 fully saturated rings. The molecule has 2 aliphatic heterocycles. The molecule has 6 heteroatoms. The molecule has 2 atom stereocenters. The number of carbonyl (C=O) groups is 1. The van der Waals surface area contributed by atoms with Crippen molar-refractivity contribution >= 4 is 11.6 Å². The smallest absolute Gasteiger partial charge is 0.243 e. The Kier molecular flexibility index (Phi) is 5.74. The topological polar surface area (TPSA) is 68.0 Å². The molecule has 2 aliphatic rings. The van der Waals surface area contributed by atoms with Crippen molar-refractivity contribution in [2.45, 2.75) is 45.0 Å². The van der Waals surface area contributed by atoms with E-state index in [2.05, 4.69) is 4.90 Å². The van der Waals surface area contributed by atoms with Crippen LogP contribution >= 0.6 is 0 Å². The Morgan fingerprint density at radius 1 is 1.24 bits per heavy atom. The van der Waals surface area contributed by atoms with Gasteiger partial charge in [0, 0.05) is 25.2 Å². The van der Waals surface area contributed by atoms with Gasteiger partial charge in [-0.15, -0.1) is 0 Å². The Bertz CT molecular complexity index is 869. The van der Waals surface area contributed by atoms with Crippen LogP contribution in [0.15, 0.2) is 42.5 Å². The number of hydrogen-bond donors (Lipinski definition) is 1. The van der Waals surface area contributed by atoms with Gasteiger partial charge in [-0.1, -0.05) is 30.3 Å². The van der Waals surface area contributed by atoms with Crippen molar-refractivity contribution in [1.29, 1.82) is 0 Å². The largest absolute Gasteiger partial charge is 0.493 e. The summed E-state index contributed by atoms with van der Waals surface area (Å²) in [6.07, 6.45) is 2.26. The standard InChI is InChI=1S/C23H29N3O3/c1-16(24)23(27)26-14-19-9-6-10-25(19)13-18-11-21(28-2)22(12-20(18)26)29-15-17-7-4-3-5-8-17/h3-5,7-8,11-12,16,19H,6,9-10,13-15,24H2,1-2H3/t16-,19-/m0/s1. The van der Waals surface area contributed by atoms with Crippen molar-refractivity contribution in [3.8, 4) is 11.5 Å². The van der Waals surface area contributed by atoms with Gasteiger partial charge in [-0.25, -0.2) is 0 Å². The summed E-state index contributed by atoms with van der Waals surface area (Å²) in [5.41, 5.74) is 9.01. The number of methoxy groups -OCH3 is 1. The summed E-state index contributed by atoms with van der Waals surface area (Å²) in [5.74, 6) is 1.27. The summed E-state index contributed by atoms with van der Waals surface area (Å²) in [6, 6.07) is 13.8. The lowest BCUT2D eigenvalue weighted by molar-refractivity contribution is -0.119. The maximum atomic E-state index is 13.0. The minimum atomic E-state index is -0.549. The van der Waals surface area contributed by atoms with E-state index in [9.17, 15) is 4.79 Å². The second kappa shape index (κ2) is 8.43. The monoisotopic (exact) mass is 395 g/mol. The number of ether oxygens (including phenoxy) is 2. The highest BCUT2D eigenvalue weighted by Gasteiger charge is 2.35. The van der Waals surface area contributed by atoms with Crippen molar-refractivity contribution in [3.63, 3.8) is 0 Å². The number of hydrogen-bond acceptors (Lipinski definition) is 5. The minimum Gasteiger partial charge on any atom is -0.493 e. The third-order valence-electron chi connectivity index (χ3n) is 5.81. The van der Waals surface area contributed by atoms with Gasteiger partial charge in [0.25, 0.3) is 0 Å².